The van der Waals surface area contributed by atoms with Gasteiger partial charge in [0.15, 0.2) is 0 Å². The standard InChI is InChI=1S/C13H14N2O2/c16-12-1-2-13(17)11(7-12)9-15-8-10-3-5-14-6-4-10/h1-7,15-17H,8-9H2. The van der Waals surface area contributed by atoms with Gasteiger partial charge >= 0.3 is 0 Å². The van der Waals surface area contributed by atoms with Crippen LogP contribution in [0.4, 0.5) is 0 Å². The lowest BCUT2D eigenvalue weighted by atomic mass is 10.2. The molecule has 2 aromatic rings. The van der Waals surface area contributed by atoms with E-state index in [1.807, 2.05) is 12.1 Å². The molecule has 0 saturated heterocycles. The Labute approximate surface area is 99.6 Å². The molecule has 2 rings (SSSR count). The van der Waals surface area contributed by atoms with Crippen molar-refractivity contribution in [2.45, 2.75) is 13.1 Å². The van der Waals surface area contributed by atoms with Gasteiger partial charge in [0.2, 0.25) is 0 Å². The summed E-state index contributed by atoms with van der Waals surface area (Å²) in [5.74, 6) is 0.341. The van der Waals surface area contributed by atoms with E-state index in [-0.39, 0.29) is 11.5 Å². The van der Waals surface area contributed by atoms with Crippen LogP contribution in [0.15, 0.2) is 42.7 Å². The molecular formula is C13H14N2O2. The van der Waals surface area contributed by atoms with Crippen molar-refractivity contribution in [2.75, 3.05) is 0 Å². The highest BCUT2D eigenvalue weighted by atomic mass is 16.3. The molecule has 0 saturated carbocycles. The largest absolute Gasteiger partial charge is 0.508 e. The lowest BCUT2D eigenvalue weighted by Crippen LogP contribution is -2.12. The molecule has 1 aromatic heterocycles. The van der Waals surface area contributed by atoms with E-state index < -0.39 is 0 Å². The van der Waals surface area contributed by atoms with E-state index >= 15 is 0 Å². The van der Waals surface area contributed by atoms with Crippen LogP contribution in [-0.4, -0.2) is 15.2 Å². The maximum atomic E-state index is 9.57. The van der Waals surface area contributed by atoms with Crippen LogP contribution in [0.25, 0.3) is 0 Å². The molecule has 0 atom stereocenters. The summed E-state index contributed by atoms with van der Waals surface area (Å²) < 4.78 is 0. The Morgan fingerprint density at radius 3 is 2.53 bits per heavy atom. The zero-order valence-electron chi connectivity index (χ0n) is 9.30. The third-order valence-corrected chi connectivity index (χ3v) is 2.46. The SMILES string of the molecule is Oc1ccc(O)c(CNCc2ccncc2)c1. The van der Waals surface area contributed by atoms with E-state index in [9.17, 15) is 10.2 Å². The van der Waals surface area contributed by atoms with Crippen molar-refractivity contribution >= 4 is 0 Å². The summed E-state index contributed by atoms with van der Waals surface area (Å²) in [7, 11) is 0. The van der Waals surface area contributed by atoms with Crippen LogP contribution in [0, 0.1) is 0 Å². The van der Waals surface area contributed by atoms with Crippen molar-refractivity contribution in [2.24, 2.45) is 0 Å². The first-order chi connectivity index (χ1) is 8.25. The fraction of sp³-hybridized carbons (Fsp3) is 0.154. The highest BCUT2D eigenvalue weighted by molar-refractivity contribution is 5.38. The third-order valence-electron chi connectivity index (χ3n) is 2.46. The number of aromatic hydroxyl groups is 2. The summed E-state index contributed by atoms with van der Waals surface area (Å²) >= 11 is 0. The first kappa shape index (κ1) is 11.4. The van der Waals surface area contributed by atoms with E-state index in [1.165, 1.54) is 12.1 Å². The quantitative estimate of drug-likeness (QED) is 0.700. The zero-order valence-corrected chi connectivity index (χ0v) is 9.30. The number of pyridine rings is 1. The van der Waals surface area contributed by atoms with Gasteiger partial charge in [0, 0.05) is 31.0 Å². The Hall–Kier alpha value is -2.07. The number of nitrogens with zero attached hydrogens (tertiary/aromatic N) is 1. The molecule has 0 aliphatic rings. The number of phenols is 2. The van der Waals surface area contributed by atoms with Gasteiger partial charge in [-0.2, -0.15) is 0 Å². The molecule has 0 amide bonds. The summed E-state index contributed by atoms with van der Waals surface area (Å²) in [6.45, 7) is 1.19. The molecule has 0 unspecified atom stereocenters. The molecule has 1 heterocycles. The highest BCUT2D eigenvalue weighted by Gasteiger charge is 2.01. The van der Waals surface area contributed by atoms with E-state index in [2.05, 4.69) is 10.3 Å². The fourth-order valence-corrected chi connectivity index (χ4v) is 1.56. The Balaban J connectivity index is 1.92. The van der Waals surface area contributed by atoms with E-state index in [0.29, 0.717) is 18.7 Å². The third kappa shape index (κ3) is 3.19. The normalized spacial score (nSPS) is 10.4. The second-order valence-electron chi connectivity index (χ2n) is 3.77. The van der Waals surface area contributed by atoms with Crippen molar-refractivity contribution in [3.8, 4) is 11.5 Å². The maximum Gasteiger partial charge on any atom is 0.120 e. The summed E-state index contributed by atoms with van der Waals surface area (Å²) in [6, 6.07) is 8.35. The number of benzene rings is 1. The first-order valence-corrected chi connectivity index (χ1v) is 5.36. The molecule has 0 spiro atoms. The minimum atomic E-state index is 0.156. The first-order valence-electron chi connectivity index (χ1n) is 5.36. The van der Waals surface area contributed by atoms with Gasteiger partial charge in [-0.25, -0.2) is 0 Å². The molecule has 0 aliphatic carbocycles. The van der Waals surface area contributed by atoms with Gasteiger partial charge in [-0.1, -0.05) is 0 Å². The van der Waals surface area contributed by atoms with Crippen LogP contribution in [0.3, 0.4) is 0 Å². The van der Waals surface area contributed by atoms with E-state index in [4.69, 9.17) is 0 Å². The van der Waals surface area contributed by atoms with Crippen LogP contribution >= 0.6 is 0 Å². The fourth-order valence-electron chi connectivity index (χ4n) is 1.56. The molecule has 0 aliphatic heterocycles. The van der Waals surface area contributed by atoms with Crippen molar-refractivity contribution in [3.05, 3.63) is 53.9 Å². The summed E-state index contributed by atoms with van der Waals surface area (Å²) in [4.78, 5) is 3.94. The molecule has 0 fully saturated rings. The smallest absolute Gasteiger partial charge is 0.120 e. The molecule has 4 nitrogen and oxygen atoms in total. The number of phenolic OH excluding ortho intramolecular Hbond substituents is 2. The van der Waals surface area contributed by atoms with Gasteiger partial charge in [0.1, 0.15) is 11.5 Å². The molecule has 17 heavy (non-hydrogen) atoms. The van der Waals surface area contributed by atoms with Crippen LogP contribution in [0.2, 0.25) is 0 Å². The van der Waals surface area contributed by atoms with Gasteiger partial charge in [0.25, 0.3) is 0 Å². The van der Waals surface area contributed by atoms with Gasteiger partial charge in [0.05, 0.1) is 0 Å². The van der Waals surface area contributed by atoms with Crippen LogP contribution < -0.4 is 5.32 Å². The maximum absolute atomic E-state index is 9.57. The number of aromatic nitrogens is 1. The van der Waals surface area contributed by atoms with Gasteiger partial charge < -0.3 is 15.5 Å². The van der Waals surface area contributed by atoms with Crippen molar-refractivity contribution < 1.29 is 10.2 Å². The molecule has 3 N–H and O–H groups in total. The Morgan fingerprint density at radius 2 is 1.76 bits per heavy atom. The lowest BCUT2D eigenvalue weighted by molar-refractivity contribution is 0.451. The number of rotatable bonds is 4. The van der Waals surface area contributed by atoms with Crippen molar-refractivity contribution in [3.63, 3.8) is 0 Å². The van der Waals surface area contributed by atoms with Crippen LogP contribution in [-0.2, 0) is 13.1 Å². The molecule has 88 valence electrons. The van der Waals surface area contributed by atoms with E-state index in [1.54, 1.807) is 18.5 Å². The number of hydrogen-bond acceptors (Lipinski definition) is 4. The second-order valence-corrected chi connectivity index (χ2v) is 3.77. The van der Waals surface area contributed by atoms with Crippen molar-refractivity contribution in [1.29, 1.82) is 0 Å². The molecule has 1 aromatic carbocycles. The summed E-state index contributed by atoms with van der Waals surface area (Å²) in [5, 5.41) is 22.1. The Morgan fingerprint density at radius 1 is 1.00 bits per heavy atom. The Bertz CT molecular complexity index is 486. The summed E-state index contributed by atoms with van der Waals surface area (Å²) in [6.07, 6.45) is 3.48. The van der Waals surface area contributed by atoms with Gasteiger partial charge in [-0.3, -0.25) is 4.98 Å². The Kier molecular flexibility index (Phi) is 3.57. The van der Waals surface area contributed by atoms with Gasteiger partial charge in [-0.15, -0.1) is 0 Å². The van der Waals surface area contributed by atoms with Crippen LogP contribution in [0.1, 0.15) is 11.1 Å². The molecule has 4 heteroatoms. The average Bonchev–Trinajstić information content (AvgIpc) is 2.35. The molecule has 0 bridgehead atoms. The predicted molar refractivity (Wildman–Crippen MR) is 64.6 cm³/mol. The molecule has 0 radical (unpaired) electrons. The number of hydrogen-bond donors (Lipinski definition) is 3. The number of nitrogens with one attached hydrogen (secondary N) is 1. The predicted octanol–water partition coefficient (Wildman–Crippen LogP) is 1.78. The summed E-state index contributed by atoms with van der Waals surface area (Å²) in [5.41, 5.74) is 1.80. The zero-order chi connectivity index (χ0) is 12.1. The monoisotopic (exact) mass is 230 g/mol. The van der Waals surface area contributed by atoms with Crippen LogP contribution in [0.5, 0.6) is 11.5 Å². The topological polar surface area (TPSA) is 65.4 Å². The minimum absolute atomic E-state index is 0.156. The minimum Gasteiger partial charge on any atom is -0.508 e. The second kappa shape index (κ2) is 5.32. The highest BCUT2D eigenvalue weighted by Crippen LogP contribution is 2.21. The van der Waals surface area contributed by atoms with Crippen molar-refractivity contribution in [1.82, 2.24) is 10.3 Å². The molecular weight excluding hydrogens is 216 g/mol. The van der Waals surface area contributed by atoms with E-state index in [0.717, 1.165) is 5.56 Å². The van der Waals surface area contributed by atoms with Gasteiger partial charge in [-0.05, 0) is 35.9 Å². The lowest BCUT2D eigenvalue weighted by Gasteiger charge is -2.07. The average molecular weight is 230 g/mol.